The summed E-state index contributed by atoms with van der Waals surface area (Å²) in [6.07, 6.45) is 1.63. The summed E-state index contributed by atoms with van der Waals surface area (Å²) in [5, 5.41) is 3.05. The van der Waals surface area contributed by atoms with Crippen LogP contribution in [0.15, 0.2) is 54.6 Å². The fourth-order valence-corrected chi connectivity index (χ4v) is 4.36. The second kappa shape index (κ2) is 7.41. The van der Waals surface area contributed by atoms with Gasteiger partial charge in [-0.15, -0.1) is 0 Å². The minimum atomic E-state index is -0.514. The Labute approximate surface area is 182 Å². The van der Waals surface area contributed by atoms with E-state index in [1.807, 2.05) is 31.2 Å². The zero-order valence-electron chi connectivity index (χ0n) is 18.1. The third kappa shape index (κ3) is 3.44. The van der Waals surface area contributed by atoms with E-state index in [2.05, 4.69) is 49.5 Å². The van der Waals surface area contributed by atoms with E-state index in [0.29, 0.717) is 17.5 Å². The molecule has 1 N–H and O–H groups in total. The molecule has 158 valence electrons. The van der Waals surface area contributed by atoms with Gasteiger partial charge in [0, 0.05) is 11.3 Å². The van der Waals surface area contributed by atoms with Gasteiger partial charge >= 0.3 is 0 Å². The van der Waals surface area contributed by atoms with Crippen LogP contribution in [0.5, 0.6) is 11.5 Å². The summed E-state index contributed by atoms with van der Waals surface area (Å²) in [5.41, 5.74) is 4.94. The van der Waals surface area contributed by atoms with Gasteiger partial charge in [-0.2, -0.15) is 0 Å². The maximum Gasteiger partial charge on any atom is 0.236 e. The number of pyridine rings is 1. The number of rotatable bonds is 5. The van der Waals surface area contributed by atoms with Gasteiger partial charge in [0.2, 0.25) is 12.7 Å². The number of hydrogen-bond donors (Lipinski definition) is 1. The predicted octanol–water partition coefficient (Wildman–Crippen LogP) is 5.58. The van der Waals surface area contributed by atoms with Crippen molar-refractivity contribution >= 4 is 11.7 Å². The molecule has 0 bridgehead atoms. The van der Waals surface area contributed by atoms with Crippen LogP contribution in [0.1, 0.15) is 49.4 Å². The molecule has 0 spiro atoms. The van der Waals surface area contributed by atoms with Gasteiger partial charge < -0.3 is 14.8 Å². The summed E-state index contributed by atoms with van der Waals surface area (Å²) >= 11 is 0. The molecule has 1 fully saturated rings. The lowest BCUT2D eigenvalue weighted by Crippen LogP contribution is -2.28. The molecule has 3 aromatic rings. The van der Waals surface area contributed by atoms with Crippen molar-refractivity contribution in [1.29, 1.82) is 0 Å². The van der Waals surface area contributed by atoms with E-state index in [1.165, 1.54) is 11.1 Å². The van der Waals surface area contributed by atoms with Crippen LogP contribution in [0.3, 0.4) is 0 Å². The number of fused-ring (bicyclic) bond motifs is 1. The number of anilines is 1. The van der Waals surface area contributed by atoms with Crippen molar-refractivity contribution in [3.63, 3.8) is 0 Å². The van der Waals surface area contributed by atoms with E-state index < -0.39 is 5.41 Å². The summed E-state index contributed by atoms with van der Waals surface area (Å²) in [5.74, 6) is 2.42. The van der Waals surface area contributed by atoms with Crippen LogP contribution in [0, 0.1) is 6.92 Å². The monoisotopic (exact) mass is 414 g/mol. The molecule has 1 aromatic heterocycles. The molecule has 0 saturated heterocycles. The number of aryl methyl sites for hydroxylation is 1. The lowest BCUT2D eigenvalue weighted by molar-refractivity contribution is -0.118. The van der Waals surface area contributed by atoms with Crippen molar-refractivity contribution in [3.8, 4) is 22.6 Å². The number of carbonyl (C=O) groups is 1. The van der Waals surface area contributed by atoms with Crippen molar-refractivity contribution < 1.29 is 14.3 Å². The Kier molecular flexibility index (Phi) is 4.69. The van der Waals surface area contributed by atoms with Gasteiger partial charge in [-0.3, -0.25) is 4.79 Å². The average molecular weight is 415 g/mol. The van der Waals surface area contributed by atoms with E-state index in [1.54, 1.807) is 0 Å². The second-order valence-corrected chi connectivity index (χ2v) is 8.68. The molecule has 1 amide bonds. The second-order valence-electron chi connectivity index (χ2n) is 8.68. The molecule has 5 nitrogen and oxygen atoms in total. The number of ether oxygens (including phenoxy) is 2. The highest BCUT2D eigenvalue weighted by atomic mass is 16.7. The highest BCUT2D eigenvalue weighted by Crippen LogP contribution is 2.51. The van der Waals surface area contributed by atoms with Crippen LogP contribution in [-0.4, -0.2) is 17.7 Å². The maximum absolute atomic E-state index is 13.2. The molecule has 5 rings (SSSR count). The molecule has 0 atom stereocenters. The molecule has 2 aromatic carbocycles. The van der Waals surface area contributed by atoms with Crippen LogP contribution in [0.25, 0.3) is 11.1 Å². The molecular weight excluding hydrogens is 388 g/mol. The Balaban J connectivity index is 1.39. The van der Waals surface area contributed by atoms with E-state index >= 15 is 0 Å². The molecule has 31 heavy (non-hydrogen) atoms. The first kappa shape index (κ1) is 19.6. The lowest BCUT2D eigenvalue weighted by Gasteiger charge is -2.18. The fraction of sp³-hybridized carbons (Fsp3) is 0.308. The molecular formula is C26H26N2O3. The van der Waals surface area contributed by atoms with E-state index in [4.69, 9.17) is 14.5 Å². The van der Waals surface area contributed by atoms with Gasteiger partial charge in [-0.25, -0.2) is 4.98 Å². The maximum atomic E-state index is 13.2. The van der Waals surface area contributed by atoms with Crippen LogP contribution >= 0.6 is 0 Å². The van der Waals surface area contributed by atoms with Gasteiger partial charge in [-0.1, -0.05) is 44.2 Å². The van der Waals surface area contributed by atoms with Crippen molar-refractivity contribution in [3.05, 3.63) is 71.4 Å². The van der Waals surface area contributed by atoms with Gasteiger partial charge in [-0.05, 0) is 66.6 Å². The first-order valence-electron chi connectivity index (χ1n) is 10.8. The molecule has 1 aliphatic carbocycles. The van der Waals surface area contributed by atoms with Gasteiger partial charge in [0.1, 0.15) is 5.82 Å². The fourth-order valence-electron chi connectivity index (χ4n) is 4.36. The zero-order chi connectivity index (χ0) is 21.6. The van der Waals surface area contributed by atoms with Gasteiger partial charge in [0.25, 0.3) is 0 Å². The molecule has 1 saturated carbocycles. The third-order valence-corrected chi connectivity index (χ3v) is 6.31. The van der Waals surface area contributed by atoms with E-state index in [-0.39, 0.29) is 12.7 Å². The Hall–Kier alpha value is -3.34. The Morgan fingerprint density at radius 2 is 1.77 bits per heavy atom. The SMILES string of the molecule is Cc1nc(NC(=O)C2(c3ccc4c(c3)OCO4)CC2)ccc1-c1ccccc1C(C)C. The molecule has 0 radical (unpaired) electrons. The summed E-state index contributed by atoms with van der Waals surface area (Å²) in [6, 6.07) is 18.2. The Morgan fingerprint density at radius 3 is 2.52 bits per heavy atom. The van der Waals surface area contributed by atoms with Crippen LogP contribution in [0.4, 0.5) is 5.82 Å². The largest absolute Gasteiger partial charge is 0.454 e. The smallest absolute Gasteiger partial charge is 0.236 e. The summed E-state index contributed by atoms with van der Waals surface area (Å²) < 4.78 is 10.9. The molecule has 1 aliphatic heterocycles. The first-order valence-corrected chi connectivity index (χ1v) is 10.8. The van der Waals surface area contributed by atoms with Crippen molar-refractivity contribution in [1.82, 2.24) is 4.98 Å². The summed E-state index contributed by atoms with van der Waals surface area (Å²) in [6.45, 7) is 6.61. The molecule has 5 heteroatoms. The molecule has 2 heterocycles. The number of nitrogens with one attached hydrogen (secondary N) is 1. The number of carbonyl (C=O) groups excluding carboxylic acids is 1. The summed E-state index contributed by atoms with van der Waals surface area (Å²) in [7, 11) is 0. The first-order chi connectivity index (χ1) is 15.0. The van der Waals surface area contributed by atoms with Crippen LogP contribution in [0.2, 0.25) is 0 Å². The van der Waals surface area contributed by atoms with E-state index in [9.17, 15) is 4.79 Å². The van der Waals surface area contributed by atoms with Crippen molar-refractivity contribution in [2.45, 2.75) is 44.9 Å². The highest BCUT2D eigenvalue weighted by Gasteiger charge is 2.51. The predicted molar refractivity (Wildman–Crippen MR) is 121 cm³/mol. The third-order valence-electron chi connectivity index (χ3n) is 6.31. The Bertz CT molecular complexity index is 1170. The van der Waals surface area contributed by atoms with Gasteiger partial charge in [0.15, 0.2) is 11.5 Å². The van der Waals surface area contributed by atoms with Crippen LogP contribution in [-0.2, 0) is 10.2 Å². The number of aromatic nitrogens is 1. The number of amides is 1. The lowest BCUT2D eigenvalue weighted by atomic mass is 9.92. The molecule has 2 aliphatic rings. The normalized spacial score (nSPS) is 15.7. The quantitative estimate of drug-likeness (QED) is 0.592. The highest BCUT2D eigenvalue weighted by molar-refractivity contribution is 6.01. The Morgan fingerprint density at radius 1 is 1.00 bits per heavy atom. The van der Waals surface area contributed by atoms with Crippen LogP contribution < -0.4 is 14.8 Å². The number of benzene rings is 2. The zero-order valence-corrected chi connectivity index (χ0v) is 18.1. The molecule has 0 unspecified atom stereocenters. The minimum absolute atomic E-state index is 0.0198. The van der Waals surface area contributed by atoms with Crippen molar-refractivity contribution in [2.75, 3.05) is 12.1 Å². The topological polar surface area (TPSA) is 60.5 Å². The number of hydrogen-bond acceptors (Lipinski definition) is 4. The average Bonchev–Trinajstić information content (AvgIpc) is 3.45. The summed E-state index contributed by atoms with van der Waals surface area (Å²) in [4.78, 5) is 17.9. The standard InChI is InChI=1S/C26H26N2O3/c1-16(2)19-6-4-5-7-21(19)20-9-11-24(27-17(20)3)28-25(29)26(12-13-26)18-8-10-22-23(14-18)31-15-30-22/h4-11,14,16H,12-13,15H2,1-3H3,(H,27,28,29). The van der Waals surface area contributed by atoms with Crippen molar-refractivity contribution in [2.24, 2.45) is 0 Å². The van der Waals surface area contributed by atoms with E-state index in [0.717, 1.165) is 35.4 Å². The van der Waals surface area contributed by atoms with Gasteiger partial charge in [0.05, 0.1) is 5.41 Å². The number of nitrogens with zero attached hydrogens (tertiary/aromatic N) is 1. The minimum Gasteiger partial charge on any atom is -0.454 e.